The minimum absolute atomic E-state index is 0.0326. The van der Waals surface area contributed by atoms with Crippen LogP contribution >= 0.6 is 11.8 Å². The van der Waals surface area contributed by atoms with Gasteiger partial charge in [-0.05, 0) is 30.5 Å². The molecule has 0 unspecified atom stereocenters. The number of halogens is 1. The average Bonchev–Trinajstić information content (AvgIpc) is 2.54. The number of rotatable bonds is 7. The fourth-order valence-corrected chi connectivity index (χ4v) is 3.72. The lowest BCUT2D eigenvalue weighted by molar-refractivity contribution is -0.134. The van der Waals surface area contributed by atoms with Gasteiger partial charge in [0.15, 0.2) is 0 Å². The maximum absolute atomic E-state index is 13.6. The van der Waals surface area contributed by atoms with Gasteiger partial charge >= 0.3 is 5.97 Å². The highest BCUT2D eigenvalue weighted by Crippen LogP contribution is 2.39. The van der Waals surface area contributed by atoms with E-state index in [-0.39, 0.29) is 17.5 Å². The van der Waals surface area contributed by atoms with Crippen molar-refractivity contribution in [3.63, 3.8) is 0 Å². The highest BCUT2D eigenvalue weighted by Gasteiger charge is 2.41. The van der Waals surface area contributed by atoms with E-state index in [9.17, 15) is 14.0 Å². The van der Waals surface area contributed by atoms with Crippen molar-refractivity contribution in [2.45, 2.75) is 37.5 Å². The third-order valence-electron chi connectivity index (χ3n) is 4.28. The first-order valence-electron chi connectivity index (χ1n) is 7.88. The summed E-state index contributed by atoms with van der Waals surface area (Å²) in [5, 5.41) is 11.5. The molecule has 4 nitrogen and oxygen atoms in total. The summed E-state index contributed by atoms with van der Waals surface area (Å²) in [6, 6.07) is 6.33. The van der Waals surface area contributed by atoms with Gasteiger partial charge in [-0.3, -0.25) is 9.59 Å². The Morgan fingerprint density at radius 3 is 2.65 bits per heavy atom. The molecule has 0 bridgehead atoms. The fourth-order valence-electron chi connectivity index (χ4n) is 3.15. The van der Waals surface area contributed by atoms with E-state index >= 15 is 0 Å². The Kier molecular flexibility index (Phi) is 6.45. The molecular weight excluding hydrogens is 317 g/mol. The lowest BCUT2D eigenvalue weighted by atomic mass is 9.68. The van der Waals surface area contributed by atoms with E-state index in [1.165, 1.54) is 23.9 Å². The summed E-state index contributed by atoms with van der Waals surface area (Å²) >= 11 is 1.27. The van der Waals surface area contributed by atoms with Gasteiger partial charge in [0.05, 0.1) is 11.2 Å². The zero-order chi connectivity index (χ0) is 16.7. The van der Waals surface area contributed by atoms with Gasteiger partial charge < -0.3 is 10.4 Å². The minimum atomic E-state index is -0.857. The van der Waals surface area contributed by atoms with E-state index in [4.69, 9.17) is 5.11 Å². The van der Waals surface area contributed by atoms with Crippen LogP contribution in [-0.4, -0.2) is 35.0 Å². The largest absolute Gasteiger partial charge is 0.481 e. The van der Waals surface area contributed by atoms with Crippen molar-refractivity contribution in [3.05, 3.63) is 35.6 Å². The number of amides is 1. The van der Waals surface area contributed by atoms with Crippen LogP contribution in [0.2, 0.25) is 0 Å². The van der Waals surface area contributed by atoms with Gasteiger partial charge in [0, 0.05) is 12.3 Å². The molecule has 0 spiro atoms. The summed E-state index contributed by atoms with van der Waals surface area (Å²) in [6.45, 7) is 0.424. The van der Waals surface area contributed by atoms with E-state index in [1.807, 2.05) is 6.07 Å². The number of carboxylic acids is 1. The molecule has 0 radical (unpaired) electrons. The summed E-state index contributed by atoms with van der Waals surface area (Å²) in [7, 11) is 0. The standard InChI is InChI=1S/C17H22FNO3S/c18-14-6-4-5-13(11-14)17(7-2-1-3-8-17)16(22)19-9-10-23-12-15(20)21/h4-6,11H,1-3,7-10,12H2,(H,19,22)(H,20,21). The molecule has 0 saturated heterocycles. The van der Waals surface area contributed by atoms with Crippen molar-refractivity contribution in [1.29, 1.82) is 0 Å². The zero-order valence-electron chi connectivity index (χ0n) is 13.0. The van der Waals surface area contributed by atoms with Crippen LogP contribution < -0.4 is 5.32 Å². The molecular formula is C17H22FNO3S. The van der Waals surface area contributed by atoms with Crippen LogP contribution in [0.5, 0.6) is 0 Å². The van der Waals surface area contributed by atoms with Crippen LogP contribution in [0.1, 0.15) is 37.7 Å². The third kappa shape index (κ3) is 4.70. The molecule has 1 fully saturated rings. The predicted octanol–water partition coefficient (Wildman–Crippen LogP) is 2.96. The van der Waals surface area contributed by atoms with E-state index < -0.39 is 11.4 Å². The number of hydrogen-bond donors (Lipinski definition) is 2. The van der Waals surface area contributed by atoms with Crippen molar-refractivity contribution in [2.75, 3.05) is 18.1 Å². The van der Waals surface area contributed by atoms with Crippen LogP contribution in [0.4, 0.5) is 4.39 Å². The summed E-state index contributed by atoms with van der Waals surface area (Å²) in [5.74, 6) is -0.664. The lowest BCUT2D eigenvalue weighted by Crippen LogP contribution is -2.46. The number of carbonyl (C=O) groups is 2. The number of hydrogen-bond acceptors (Lipinski definition) is 3. The Labute approximate surface area is 139 Å². The Hall–Kier alpha value is -1.56. The lowest BCUT2D eigenvalue weighted by Gasteiger charge is -2.36. The second-order valence-corrected chi connectivity index (χ2v) is 6.96. The third-order valence-corrected chi connectivity index (χ3v) is 5.22. The summed E-state index contributed by atoms with van der Waals surface area (Å²) in [6.07, 6.45) is 4.46. The van der Waals surface area contributed by atoms with Crippen molar-refractivity contribution in [2.24, 2.45) is 0 Å². The highest BCUT2D eigenvalue weighted by atomic mass is 32.2. The van der Waals surface area contributed by atoms with Gasteiger partial charge in [-0.25, -0.2) is 4.39 Å². The molecule has 2 rings (SSSR count). The second kappa shape index (κ2) is 8.34. The number of benzene rings is 1. The monoisotopic (exact) mass is 339 g/mol. The molecule has 6 heteroatoms. The number of aliphatic carboxylic acids is 1. The van der Waals surface area contributed by atoms with Gasteiger partial charge in [0.25, 0.3) is 0 Å². The van der Waals surface area contributed by atoms with Crippen molar-refractivity contribution in [3.8, 4) is 0 Å². The molecule has 126 valence electrons. The van der Waals surface area contributed by atoms with Crippen molar-refractivity contribution >= 4 is 23.6 Å². The second-order valence-electron chi connectivity index (χ2n) is 5.86. The zero-order valence-corrected chi connectivity index (χ0v) is 13.8. The summed E-state index contributed by atoms with van der Waals surface area (Å²) in [5.41, 5.74) is 0.0885. The molecule has 1 amide bonds. The van der Waals surface area contributed by atoms with Crippen LogP contribution in [0.25, 0.3) is 0 Å². The van der Waals surface area contributed by atoms with Crippen LogP contribution in [0.15, 0.2) is 24.3 Å². The minimum Gasteiger partial charge on any atom is -0.481 e. The normalized spacial score (nSPS) is 16.7. The van der Waals surface area contributed by atoms with E-state index in [2.05, 4.69) is 5.32 Å². The van der Waals surface area contributed by atoms with Crippen LogP contribution in [0.3, 0.4) is 0 Å². The Morgan fingerprint density at radius 2 is 2.00 bits per heavy atom. The smallest absolute Gasteiger partial charge is 0.313 e. The molecule has 1 aromatic carbocycles. The fraction of sp³-hybridized carbons (Fsp3) is 0.529. The molecule has 0 heterocycles. The van der Waals surface area contributed by atoms with Gasteiger partial charge in [-0.15, -0.1) is 11.8 Å². The van der Waals surface area contributed by atoms with Crippen molar-refractivity contribution in [1.82, 2.24) is 5.32 Å². The van der Waals surface area contributed by atoms with E-state index in [0.29, 0.717) is 12.3 Å². The summed E-state index contributed by atoms with van der Waals surface area (Å²) < 4.78 is 13.6. The first-order valence-corrected chi connectivity index (χ1v) is 9.04. The number of carbonyl (C=O) groups excluding carboxylic acids is 1. The molecule has 23 heavy (non-hydrogen) atoms. The van der Waals surface area contributed by atoms with Crippen molar-refractivity contribution < 1.29 is 19.1 Å². The quantitative estimate of drug-likeness (QED) is 0.750. The topological polar surface area (TPSA) is 66.4 Å². The molecule has 0 aromatic heterocycles. The number of carboxylic acid groups (broad SMARTS) is 1. The predicted molar refractivity (Wildman–Crippen MR) is 89.1 cm³/mol. The van der Waals surface area contributed by atoms with E-state index in [1.54, 1.807) is 6.07 Å². The molecule has 1 aliphatic rings. The molecule has 1 aliphatic carbocycles. The molecule has 2 N–H and O–H groups in total. The van der Waals surface area contributed by atoms with Gasteiger partial charge in [-0.1, -0.05) is 31.4 Å². The molecule has 0 atom stereocenters. The van der Waals surface area contributed by atoms with Gasteiger partial charge in [-0.2, -0.15) is 0 Å². The molecule has 1 saturated carbocycles. The molecule has 1 aromatic rings. The number of thioether (sulfide) groups is 1. The maximum atomic E-state index is 13.6. The average molecular weight is 339 g/mol. The molecule has 0 aliphatic heterocycles. The van der Waals surface area contributed by atoms with Crippen LogP contribution in [0, 0.1) is 5.82 Å². The van der Waals surface area contributed by atoms with Crippen LogP contribution in [-0.2, 0) is 15.0 Å². The number of nitrogens with one attached hydrogen (secondary N) is 1. The Bertz CT molecular complexity index is 559. The summed E-state index contributed by atoms with van der Waals surface area (Å²) in [4.78, 5) is 23.2. The Morgan fingerprint density at radius 1 is 1.26 bits per heavy atom. The van der Waals surface area contributed by atoms with E-state index in [0.717, 1.165) is 37.7 Å². The first kappa shape index (κ1) is 17.8. The van der Waals surface area contributed by atoms with Gasteiger partial charge in [0.2, 0.25) is 5.91 Å². The Balaban J connectivity index is 2.03. The van der Waals surface area contributed by atoms with Gasteiger partial charge in [0.1, 0.15) is 5.82 Å². The first-order chi connectivity index (χ1) is 11.0. The maximum Gasteiger partial charge on any atom is 0.313 e. The highest BCUT2D eigenvalue weighted by molar-refractivity contribution is 7.99. The SMILES string of the molecule is O=C(O)CSCCNC(=O)C1(c2cccc(F)c2)CCCCC1.